The first kappa shape index (κ1) is 14.6. The lowest BCUT2D eigenvalue weighted by atomic mass is 10.1. The van der Waals surface area contributed by atoms with Crippen LogP contribution in [-0.4, -0.2) is 46.8 Å². The predicted molar refractivity (Wildman–Crippen MR) is 65.5 cm³/mol. The van der Waals surface area contributed by atoms with Crippen LogP contribution in [0.2, 0.25) is 0 Å². The third kappa shape index (κ3) is 5.17. The summed E-state index contributed by atoms with van der Waals surface area (Å²) < 4.78 is 0. The Hall–Kier alpha value is -2.42. The Morgan fingerprint density at radius 3 is 2.63 bits per heavy atom. The van der Waals surface area contributed by atoms with Gasteiger partial charge in [0.15, 0.2) is 0 Å². The van der Waals surface area contributed by atoms with Gasteiger partial charge in [-0.25, -0.2) is 4.98 Å². The van der Waals surface area contributed by atoms with E-state index in [9.17, 15) is 14.4 Å². The van der Waals surface area contributed by atoms with E-state index in [1.165, 1.54) is 6.33 Å². The number of hydrogen-bond acceptors (Lipinski definition) is 5. The molecule has 0 aliphatic rings. The largest absolute Gasteiger partial charge is 0.368 e. The van der Waals surface area contributed by atoms with Gasteiger partial charge in [-0.15, -0.1) is 0 Å². The van der Waals surface area contributed by atoms with E-state index in [-0.39, 0.29) is 19.5 Å². The van der Waals surface area contributed by atoms with Gasteiger partial charge in [0.25, 0.3) is 0 Å². The molecule has 9 nitrogen and oxygen atoms in total. The molecule has 1 rings (SSSR count). The number of nitrogens with zero attached hydrogens (tertiary/aromatic N) is 1. The maximum atomic E-state index is 11.5. The molecule has 0 fully saturated rings. The average Bonchev–Trinajstić information content (AvgIpc) is 2.87. The Morgan fingerprint density at radius 1 is 1.37 bits per heavy atom. The smallest absolute Gasteiger partial charge is 0.240 e. The quantitative estimate of drug-likeness (QED) is 0.356. The van der Waals surface area contributed by atoms with Gasteiger partial charge in [0.2, 0.25) is 17.7 Å². The number of hydrogen-bond donors (Lipinski definition) is 5. The van der Waals surface area contributed by atoms with Gasteiger partial charge in [-0.05, 0) is 0 Å². The molecule has 1 aromatic rings. The van der Waals surface area contributed by atoms with Crippen LogP contribution in [0.1, 0.15) is 5.69 Å². The molecule has 0 saturated carbocycles. The molecule has 0 aliphatic heterocycles. The molecule has 0 bridgehead atoms. The zero-order valence-electron chi connectivity index (χ0n) is 10.2. The molecule has 1 heterocycles. The van der Waals surface area contributed by atoms with Crippen molar-refractivity contribution in [3.05, 3.63) is 18.2 Å². The molecule has 1 aromatic heterocycles. The molecule has 104 valence electrons. The van der Waals surface area contributed by atoms with Crippen LogP contribution in [0.3, 0.4) is 0 Å². The van der Waals surface area contributed by atoms with Gasteiger partial charge < -0.3 is 27.1 Å². The van der Waals surface area contributed by atoms with Gasteiger partial charge in [0.05, 0.1) is 25.1 Å². The highest BCUT2D eigenvalue weighted by Gasteiger charge is 2.19. The van der Waals surface area contributed by atoms with Crippen LogP contribution < -0.4 is 22.1 Å². The highest BCUT2D eigenvalue weighted by Crippen LogP contribution is 1.97. The lowest BCUT2D eigenvalue weighted by molar-refractivity contribution is -0.128. The van der Waals surface area contributed by atoms with Gasteiger partial charge in [0, 0.05) is 12.6 Å². The molecule has 0 radical (unpaired) electrons. The van der Waals surface area contributed by atoms with Gasteiger partial charge in [-0.1, -0.05) is 0 Å². The second-order valence-corrected chi connectivity index (χ2v) is 3.77. The normalized spacial score (nSPS) is 11.6. The van der Waals surface area contributed by atoms with Gasteiger partial charge >= 0.3 is 0 Å². The minimum Gasteiger partial charge on any atom is -0.368 e. The van der Waals surface area contributed by atoms with Crippen molar-refractivity contribution >= 4 is 17.7 Å². The summed E-state index contributed by atoms with van der Waals surface area (Å²) in [6.45, 7) is -0.472. The summed E-state index contributed by atoms with van der Waals surface area (Å²) in [5.41, 5.74) is 10.8. The van der Waals surface area contributed by atoms with E-state index in [1.807, 2.05) is 0 Å². The van der Waals surface area contributed by atoms with Crippen molar-refractivity contribution in [3.63, 3.8) is 0 Å². The fourth-order valence-corrected chi connectivity index (χ4v) is 1.33. The van der Waals surface area contributed by atoms with E-state index in [0.29, 0.717) is 5.69 Å². The van der Waals surface area contributed by atoms with Gasteiger partial charge in [0.1, 0.15) is 6.04 Å². The highest BCUT2D eigenvalue weighted by molar-refractivity contribution is 5.89. The summed E-state index contributed by atoms with van der Waals surface area (Å²) in [5, 5.41) is 4.70. The first-order valence-corrected chi connectivity index (χ1v) is 5.56. The number of nitrogens with one attached hydrogen (secondary N) is 3. The maximum absolute atomic E-state index is 11.5. The highest BCUT2D eigenvalue weighted by atomic mass is 16.2. The molecule has 3 amide bonds. The predicted octanol–water partition coefficient (Wildman–Crippen LogP) is -3.00. The molecule has 7 N–H and O–H groups in total. The molecular weight excluding hydrogens is 252 g/mol. The van der Waals surface area contributed by atoms with Crippen molar-refractivity contribution < 1.29 is 14.4 Å². The first-order valence-electron chi connectivity index (χ1n) is 5.56. The average molecular weight is 268 g/mol. The standard InChI is InChI=1S/C10H16N6O3/c11-2-8(17)14-4-9(18)16-7(10(12)19)1-6-3-13-5-15-6/h3,5,7H,1-2,4,11H2,(H2,12,19)(H,13,15)(H,14,17)(H,16,18)/t7-/m0/s1. The van der Waals surface area contributed by atoms with E-state index in [0.717, 1.165) is 0 Å². The SMILES string of the molecule is NCC(=O)NCC(=O)N[C@@H](Cc1c[nH]cn1)C(N)=O. The summed E-state index contributed by atoms with van der Waals surface area (Å²) in [6.07, 6.45) is 3.23. The van der Waals surface area contributed by atoms with E-state index in [1.54, 1.807) is 6.20 Å². The second kappa shape index (κ2) is 7.11. The topological polar surface area (TPSA) is 156 Å². The summed E-state index contributed by atoms with van der Waals surface area (Å²) in [7, 11) is 0. The Bertz CT molecular complexity index is 444. The number of aromatic nitrogens is 2. The van der Waals surface area contributed by atoms with Crippen LogP contribution in [0.25, 0.3) is 0 Å². The number of aromatic amines is 1. The van der Waals surface area contributed by atoms with Crippen LogP contribution in [0, 0.1) is 0 Å². The van der Waals surface area contributed by atoms with Crippen molar-refractivity contribution in [2.45, 2.75) is 12.5 Å². The van der Waals surface area contributed by atoms with Crippen LogP contribution in [0.15, 0.2) is 12.5 Å². The van der Waals surface area contributed by atoms with Crippen molar-refractivity contribution in [1.82, 2.24) is 20.6 Å². The van der Waals surface area contributed by atoms with Gasteiger partial charge in [-0.3, -0.25) is 14.4 Å². The lowest BCUT2D eigenvalue weighted by Crippen LogP contribution is -2.49. The minimum absolute atomic E-state index is 0.176. The molecule has 0 saturated heterocycles. The number of carbonyl (C=O) groups is 3. The zero-order chi connectivity index (χ0) is 14.3. The van der Waals surface area contributed by atoms with Crippen LogP contribution in [-0.2, 0) is 20.8 Å². The number of rotatable bonds is 7. The minimum atomic E-state index is -0.884. The lowest BCUT2D eigenvalue weighted by Gasteiger charge is -2.14. The maximum Gasteiger partial charge on any atom is 0.240 e. The molecule has 0 spiro atoms. The van der Waals surface area contributed by atoms with Crippen molar-refractivity contribution in [2.75, 3.05) is 13.1 Å². The molecule has 1 atom stereocenters. The molecule has 0 unspecified atom stereocenters. The Balaban J connectivity index is 2.47. The summed E-state index contributed by atoms with van der Waals surface area (Å²) in [5.74, 6) is -1.67. The van der Waals surface area contributed by atoms with Crippen molar-refractivity contribution in [1.29, 1.82) is 0 Å². The molecule has 19 heavy (non-hydrogen) atoms. The van der Waals surface area contributed by atoms with E-state index in [4.69, 9.17) is 11.5 Å². The summed E-state index contributed by atoms with van der Waals surface area (Å²) in [6, 6.07) is -0.884. The third-order valence-corrected chi connectivity index (χ3v) is 2.28. The first-order chi connectivity index (χ1) is 9.02. The van der Waals surface area contributed by atoms with Crippen LogP contribution >= 0.6 is 0 Å². The number of carbonyl (C=O) groups excluding carboxylic acids is 3. The second-order valence-electron chi connectivity index (χ2n) is 3.77. The number of imidazole rings is 1. The number of nitrogens with two attached hydrogens (primary N) is 2. The van der Waals surface area contributed by atoms with Crippen molar-refractivity contribution in [2.24, 2.45) is 11.5 Å². The molecule has 0 aliphatic carbocycles. The Morgan fingerprint density at radius 2 is 2.11 bits per heavy atom. The van der Waals surface area contributed by atoms with E-state index < -0.39 is 23.8 Å². The number of H-pyrrole nitrogens is 1. The van der Waals surface area contributed by atoms with Crippen LogP contribution in [0.4, 0.5) is 0 Å². The summed E-state index contributed by atoms with van der Waals surface area (Å²) in [4.78, 5) is 40.3. The van der Waals surface area contributed by atoms with Crippen molar-refractivity contribution in [3.8, 4) is 0 Å². The van der Waals surface area contributed by atoms with Gasteiger partial charge in [-0.2, -0.15) is 0 Å². The fraction of sp³-hybridized carbons (Fsp3) is 0.400. The fourth-order valence-electron chi connectivity index (χ4n) is 1.33. The molecule has 0 aromatic carbocycles. The van der Waals surface area contributed by atoms with Crippen LogP contribution in [0.5, 0.6) is 0 Å². The Kier molecular flexibility index (Phi) is 5.48. The molecular formula is C10H16N6O3. The molecule has 9 heteroatoms. The van der Waals surface area contributed by atoms with E-state index >= 15 is 0 Å². The Labute approximate surface area is 109 Å². The monoisotopic (exact) mass is 268 g/mol. The number of amides is 3. The summed E-state index contributed by atoms with van der Waals surface area (Å²) >= 11 is 0. The number of primary amides is 1. The third-order valence-electron chi connectivity index (χ3n) is 2.28. The van der Waals surface area contributed by atoms with E-state index in [2.05, 4.69) is 20.6 Å². The zero-order valence-corrected chi connectivity index (χ0v) is 10.2.